The molecule has 1 unspecified atom stereocenters. The number of benzene rings is 3. The van der Waals surface area contributed by atoms with Gasteiger partial charge in [-0.15, -0.1) is 0 Å². The number of anilines is 2. The Balaban J connectivity index is 2.06. The summed E-state index contributed by atoms with van der Waals surface area (Å²) >= 11 is 0. The third-order valence-electron chi connectivity index (χ3n) is 5.29. The van der Waals surface area contributed by atoms with Crippen LogP contribution in [0.2, 0.25) is 0 Å². The number of para-hydroxylation sites is 1. The molecule has 0 aliphatic heterocycles. The number of nitrogens with zero attached hydrogens (tertiary/aromatic N) is 1. The number of rotatable bonds is 11. The highest BCUT2D eigenvalue weighted by molar-refractivity contribution is 6.04. The van der Waals surface area contributed by atoms with E-state index in [1.54, 1.807) is 54.6 Å². The lowest BCUT2D eigenvalue weighted by Crippen LogP contribution is -2.43. The first-order chi connectivity index (χ1) is 17.3. The fourth-order valence-corrected chi connectivity index (χ4v) is 3.57. The molecule has 0 fully saturated rings. The van der Waals surface area contributed by atoms with E-state index in [2.05, 4.69) is 5.32 Å². The summed E-state index contributed by atoms with van der Waals surface area (Å²) in [6.07, 6.45) is 0. The quantitative estimate of drug-likeness (QED) is 0.0894. The van der Waals surface area contributed by atoms with Crippen molar-refractivity contribution in [3.63, 3.8) is 0 Å². The third kappa shape index (κ3) is 5.91. The molecule has 3 aromatic rings. The lowest BCUT2D eigenvalue weighted by Gasteiger charge is -2.26. The first-order valence-electron chi connectivity index (χ1n) is 11.3. The topological polar surface area (TPSA) is 164 Å². The summed E-state index contributed by atoms with van der Waals surface area (Å²) < 4.78 is 11.4. The van der Waals surface area contributed by atoms with Gasteiger partial charge in [-0.3, -0.25) is 10.2 Å². The molecule has 1 atom stereocenters. The van der Waals surface area contributed by atoms with Crippen LogP contribution in [-0.4, -0.2) is 36.0 Å². The number of carboxylic acids is 1. The van der Waals surface area contributed by atoms with Gasteiger partial charge in [-0.05, 0) is 67.9 Å². The van der Waals surface area contributed by atoms with Crippen LogP contribution in [0.4, 0.5) is 11.4 Å². The van der Waals surface area contributed by atoms with Crippen molar-refractivity contribution in [3.05, 3.63) is 83.4 Å². The van der Waals surface area contributed by atoms with Gasteiger partial charge < -0.3 is 25.6 Å². The van der Waals surface area contributed by atoms with Crippen LogP contribution in [0.1, 0.15) is 41.4 Å². The van der Waals surface area contributed by atoms with E-state index in [4.69, 9.17) is 26.5 Å². The lowest BCUT2D eigenvalue weighted by molar-refractivity contribution is -0.119. The van der Waals surface area contributed by atoms with Crippen molar-refractivity contribution in [2.24, 2.45) is 11.6 Å². The molecular weight excluding hydrogens is 462 g/mol. The number of hydrazine groups is 1. The molecule has 0 aliphatic carbocycles. The maximum atomic E-state index is 13.7. The monoisotopic (exact) mass is 491 g/mol. The first kappa shape index (κ1) is 26.0. The molecule has 36 heavy (non-hydrogen) atoms. The summed E-state index contributed by atoms with van der Waals surface area (Å²) in [5.41, 5.74) is 7.08. The summed E-state index contributed by atoms with van der Waals surface area (Å²) in [6, 6.07) is 16.7. The lowest BCUT2D eigenvalue weighted by atomic mass is 10.0. The van der Waals surface area contributed by atoms with Crippen LogP contribution < -0.4 is 31.4 Å². The third-order valence-corrected chi connectivity index (χ3v) is 5.29. The van der Waals surface area contributed by atoms with Crippen LogP contribution in [0.15, 0.2) is 66.7 Å². The molecule has 3 rings (SSSR count). The number of nitrogens with one attached hydrogen (secondary N) is 2. The summed E-state index contributed by atoms with van der Waals surface area (Å²) in [6.45, 7) is 4.51. The van der Waals surface area contributed by atoms with Gasteiger partial charge >= 0.3 is 5.97 Å². The normalized spacial score (nSPS) is 11.3. The number of ether oxygens (including phenoxy) is 2. The molecular formula is C26H29N5O5. The molecule has 0 saturated carbocycles. The smallest absolute Gasteiger partial charge is 0.337 e. The number of hydrogen-bond acceptors (Lipinski definition) is 7. The van der Waals surface area contributed by atoms with Crippen LogP contribution in [-0.2, 0) is 4.79 Å². The SMILES string of the molecule is CCOc1ccc(C(Nc2ccc(C(=N)N)cc2)C(=O)N(N)c2ccccc2C(=O)O)cc1OCC. The van der Waals surface area contributed by atoms with E-state index in [9.17, 15) is 14.7 Å². The Labute approximate surface area is 208 Å². The van der Waals surface area contributed by atoms with Gasteiger partial charge in [-0.1, -0.05) is 18.2 Å². The number of nitrogens with two attached hydrogens (primary N) is 2. The predicted octanol–water partition coefficient (Wildman–Crippen LogP) is 3.53. The van der Waals surface area contributed by atoms with Crippen molar-refractivity contribution in [2.45, 2.75) is 19.9 Å². The number of carbonyl (C=O) groups excluding carboxylic acids is 1. The van der Waals surface area contributed by atoms with Gasteiger partial charge in [0, 0.05) is 11.3 Å². The average molecular weight is 492 g/mol. The molecule has 0 radical (unpaired) electrons. The number of aromatic carboxylic acids is 1. The van der Waals surface area contributed by atoms with E-state index in [-0.39, 0.29) is 17.1 Å². The number of amides is 1. The second kappa shape index (κ2) is 11.7. The number of amidine groups is 1. The van der Waals surface area contributed by atoms with Crippen LogP contribution in [0.3, 0.4) is 0 Å². The van der Waals surface area contributed by atoms with E-state index < -0.39 is 17.9 Å². The highest BCUT2D eigenvalue weighted by atomic mass is 16.5. The molecule has 3 aromatic carbocycles. The number of nitrogen functional groups attached to an aromatic ring is 1. The van der Waals surface area contributed by atoms with Crippen molar-refractivity contribution in [1.82, 2.24) is 0 Å². The number of carboxylic acid groups (broad SMARTS) is 1. The van der Waals surface area contributed by atoms with Gasteiger partial charge in [-0.2, -0.15) is 0 Å². The molecule has 188 valence electrons. The van der Waals surface area contributed by atoms with Gasteiger partial charge in [0.1, 0.15) is 11.9 Å². The summed E-state index contributed by atoms with van der Waals surface area (Å²) in [7, 11) is 0. The van der Waals surface area contributed by atoms with E-state index in [0.717, 1.165) is 5.01 Å². The van der Waals surface area contributed by atoms with Crippen molar-refractivity contribution in [3.8, 4) is 11.5 Å². The average Bonchev–Trinajstić information content (AvgIpc) is 2.88. The molecule has 0 bridgehead atoms. The van der Waals surface area contributed by atoms with Crippen molar-refractivity contribution < 1.29 is 24.2 Å². The van der Waals surface area contributed by atoms with Crippen LogP contribution in [0.5, 0.6) is 11.5 Å². The molecule has 10 nitrogen and oxygen atoms in total. The number of carbonyl (C=O) groups is 2. The second-order valence-corrected chi connectivity index (χ2v) is 7.67. The second-order valence-electron chi connectivity index (χ2n) is 7.67. The molecule has 0 aromatic heterocycles. The summed E-state index contributed by atoms with van der Waals surface area (Å²) in [4.78, 5) is 25.4. The molecule has 0 saturated heterocycles. The van der Waals surface area contributed by atoms with Crippen molar-refractivity contribution in [1.29, 1.82) is 5.41 Å². The Hall–Kier alpha value is -4.57. The maximum absolute atomic E-state index is 13.7. The van der Waals surface area contributed by atoms with E-state index >= 15 is 0 Å². The Morgan fingerprint density at radius 2 is 1.64 bits per heavy atom. The Morgan fingerprint density at radius 3 is 2.25 bits per heavy atom. The molecule has 0 heterocycles. The molecule has 1 amide bonds. The first-order valence-corrected chi connectivity index (χ1v) is 11.3. The van der Waals surface area contributed by atoms with Gasteiger partial charge in [-0.25, -0.2) is 15.6 Å². The zero-order chi connectivity index (χ0) is 26.2. The van der Waals surface area contributed by atoms with Crippen molar-refractivity contribution >= 4 is 29.1 Å². The van der Waals surface area contributed by atoms with Crippen LogP contribution in [0.25, 0.3) is 0 Å². The molecule has 7 N–H and O–H groups in total. The molecule has 10 heteroatoms. The number of hydrogen-bond donors (Lipinski definition) is 5. The maximum Gasteiger partial charge on any atom is 0.337 e. The van der Waals surface area contributed by atoms with Gasteiger partial charge in [0.2, 0.25) is 0 Å². The minimum atomic E-state index is -1.21. The predicted molar refractivity (Wildman–Crippen MR) is 138 cm³/mol. The van der Waals surface area contributed by atoms with E-state index in [1.807, 2.05) is 13.8 Å². The highest BCUT2D eigenvalue weighted by Crippen LogP contribution is 2.33. The summed E-state index contributed by atoms with van der Waals surface area (Å²) in [5.74, 6) is 5.27. The zero-order valence-electron chi connectivity index (χ0n) is 20.0. The highest BCUT2D eigenvalue weighted by Gasteiger charge is 2.29. The minimum absolute atomic E-state index is 0.0460. The van der Waals surface area contributed by atoms with E-state index in [1.165, 1.54) is 12.1 Å². The fraction of sp³-hybridized carbons (Fsp3) is 0.192. The van der Waals surface area contributed by atoms with E-state index in [0.29, 0.717) is 41.5 Å². The Bertz CT molecular complexity index is 1250. The van der Waals surface area contributed by atoms with Crippen molar-refractivity contribution in [2.75, 3.05) is 23.5 Å². The molecule has 0 aliphatic rings. The van der Waals surface area contributed by atoms with Crippen LogP contribution in [0, 0.1) is 5.41 Å². The van der Waals surface area contributed by atoms with Crippen LogP contribution >= 0.6 is 0 Å². The standard InChI is InChI=1S/C26H29N5O5/c1-3-35-21-14-11-17(15-22(21)36-4-2)23(30-18-12-9-16(10-13-18)24(27)28)25(32)31(29)20-8-6-5-7-19(20)26(33)34/h5-15,23,30H,3-4,29H2,1-2H3,(H3,27,28)(H,33,34). The largest absolute Gasteiger partial charge is 0.490 e. The van der Waals surface area contributed by atoms with Gasteiger partial charge in [0.05, 0.1) is 24.5 Å². The van der Waals surface area contributed by atoms with Gasteiger partial charge in [0.25, 0.3) is 5.91 Å². The zero-order valence-corrected chi connectivity index (χ0v) is 20.0. The fourth-order valence-electron chi connectivity index (χ4n) is 3.57. The van der Waals surface area contributed by atoms with Gasteiger partial charge in [0.15, 0.2) is 11.5 Å². The summed E-state index contributed by atoms with van der Waals surface area (Å²) in [5, 5.41) is 21.1. The Kier molecular flexibility index (Phi) is 8.48. The Morgan fingerprint density at radius 1 is 1.00 bits per heavy atom. The minimum Gasteiger partial charge on any atom is -0.490 e. The molecule has 0 spiro atoms.